The molecule has 8 nitrogen and oxygen atoms in total. The highest BCUT2D eigenvalue weighted by Gasteiger charge is 2.32. The summed E-state index contributed by atoms with van der Waals surface area (Å²) in [6.45, 7) is 8.03. The number of hydrogen-bond donors (Lipinski definition) is 2. The molecule has 0 aromatic heterocycles. The van der Waals surface area contributed by atoms with Crippen LogP contribution in [0.4, 0.5) is 0 Å². The molecule has 0 spiro atoms. The molecule has 0 saturated carbocycles. The Balaban J connectivity index is 2.95. The number of nitrogens with two attached hydrogens (primary N) is 1. The lowest BCUT2D eigenvalue weighted by molar-refractivity contribution is -0.130. The predicted molar refractivity (Wildman–Crippen MR) is 94.4 cm³/mol. The summed E-state index contributed by atoms with van der Waals surface area (Å²) in [5.74, 6) is -1.66. The van der Waals surface area contributed by atoms with Gasteiger partial charge in [0.2, 0.25) is 10.0 Å². The SMILES string of the molecule is Cc1ccc(C(=O)OC(C)C(=O)NC(C)(C#N)C(C)C)cc1S(N)(=O)=O. The fourth-order valence-corrected chi connectivity index (χ4v) is 2.78. The summed E-state index contributed by atoms with van der Waals surface area (Å²) < 4.78 is 28.2. The Morgan fingerprint density at radius 3 is 2.35 bits per heavy atom. The van der Waals surface area contributed by atoms with Crippen LogP contribution < -0.4 is 10.5 Å². The summed E-state index contributed by atoms with van der Waals surface area (Å²) in [6.07, 6.45) is -1.17. The normalized spacial score (nSPS) is 14.8. The molecule has 0 heterocycles. The molecule has 9 heteroatoms. The third-order valence-electron chi connectivity index (χ3n) is 4.15. The fraction of sp³-hybridized carbons (Fsp3) is 0.471. The topological polar surface area (TPSA) is 139 Å². The van der Waals surface area contributed by atoms with E-state index in [0.29, 0.717) is 5.56 Å². The van der Waals surface area contributed by atoms with Gasteiger partial charge in [0.15, 0.2) is 6.10 Å². The number of sulfonamides is 1. The molecule has 0 fully saturated rings. The molecular weight excluding hydrogens is 358 g/mol. The molecule has 1 rings (SSSR count). The Morgan fingerprint density at radius 1 is 1.31 bits per heavy atom. The number of primary sulfonamides is 1. The van der Waals surface area contributed by atoms with Crippen molar-refractivity contribution >= 4 is 21.9 Å². The van der Waals surface area contributed by atoms with Crippen molar-refractivity contribution in [3.63, 3.8) is 0 Å². The number of hydrogen-bond acceptors (Lipinski definition) is 6. The summed E-state index contributed by atoms with van der Waals surface area (Å²) in [4.78, 5) is 24.2. The highest BCUT2D eigenvalue weighted by Crippen LogP contribution is 2.18. The Morgan fingerprint density at radius 2 is 1.88 bits per heavy atom. The van der Waals surface area contributed by atoms with Gasteiger partial charge in [0.05, 0.1) is 16.5 Å². The number of nitrogens with one attached hydrogen (secondary N) is 1. The van der Waals surface area contributed by atoms with E-state index in [9.17, 15) is 23.3 Å². The Bertz CT molecular complexity index is 858. The average molecular weight is 381 g/mol. The zero-order chi connectivity index (χ0) is 20.3. The van der Waals surface area contributed by atoms with Gasteiger partial charge in [-0.25, -0.2) is 18.4 Å². The van der Waals surface area contributed by atoms with E-state index in [-0.39, 0.29) is 16.4 Å². The third-order valence-corrected chi connectivity index (χ3v) is 5.21. The van der Waals surface area contributed by atoms with Crippen LogP contribution in [0.1, 0.15) is 43.6 Å². The number of carbonyl (C=O) groups is 2. The number of carbonyl (C=O) groups excluding carboxylic acids is 2. The smallest absolute Gasteiger partial charge is 0.338 e. The maximum atomic E-state index is 12.2. The summed E-state index contributed by atoms with van der Waals surface area (Å²) in [7, 11) is -3.99. The molecule has 0 bridgehead atoms. The quantitative estimate of drug-likeness (QED) is 0.711. The van der Waals surface area contributed by atoms with Gasteiger partial charge in [-0.05, 0) is 44.4 Å². The van der Waals surface area contributed by atoms with Crippen LogP contribution in [0.25, 0.3) is 0 Å². The van der Waals surface area contributed by atoms with Crippen LogP contribution in [-0.2, 0) is 19.6 Å². The number of esters is 1. The predicted octanol–water partition coefficient (Wildman–Crippen LogP) is 1.24. The summed E-state index contributed by atoms with van der Waals surface area (Å²) >= 11 is 0. The lowest BCUT2D eigenvalue weighted by Gasteiger charge is -2.28. The number of benzene rings is 1. The maximum Gasteiger partial charge on any atom is 0.338 e. The van der Waals surface area contributed by atoms with Crippen molar-refractivity contribution in [3.05, 3.63) is 29.3 Å². The molecule has 1 aromatic rings. The van der Waals surface area contributed by atoms with Crippen molar-refractivity contribution in [3.8, 4) is 6.07 Å². The monoisotopic (exact) mass is 381 g/mol. The fourth-order valence-electron chi connectivity index (χ4n) is 1.97. The largest absolute Gasteiger partial charge is 0.449 e. The molecule has 2 atom stereocenters. The second kappa shape index (κ2) is 7.85. The number of nitriles is 1. The summed E-state index contributed by atoms with van der Waals surface area (Å²) in [5.41, 5.74) is -0.773. The van der Waals surface area contributed by atoms with Crippen LogP contribution in [0.2, 0.25) is 0 Å². The zero-order valence-corrected chi connectivity index (χ0v) is 16.2. The Labute approximate surface area is 153 Å². The standard InChI is InChI=1S/C17H23N3O5S/c1-10(2)17(5,9-18)20-15(21)12(4)25-16(22)13-7-6-11(3)14(8-13)26(19,23)24/h6-8,10,12H,1-5H3,(H,20,21)(H2,19,23,24). The van der Waals surface area contributed by atoms with E-state index in [4.69, 9.17) is 9.88 Å². The first-order valence-corrected chi connectivity index (χ1v) is 9.44. The van der Waals surface area contributed by atoms with Gasteiger partial charge >= 0.3 is 5.97 Å². The molecule has 0 saturated heterocycles. The van der Waals surface area contributed by atoms with E-state index in [0.717, 1.165) is 6.07 Å². The molecule has 1 aromatic carbocycles. The Kier molecular flexibility index (Phi) is 6.52. The average Bonchev–Trinajstić information content (AvgIpc) is 2.53. The van der Waals surface area contributed by atoms with Crippen molar-refractivity contribution < 1.29 is 22.7 Å². The molecular formula is C17H23N3O5S. The lowest BCUT2D eigenvalue weighted by atomic mass is 9.90. The van der Waals surface area contributed by atoms with Gasteiger partial charge in [-0.2, -0.15) is 5.26 Å². The van der Waals surface area contributed by atoms with E-state index in [1.165, 1.54) is 19.1 Å². The maximum absolute atomic E-state index is 12.2. The molecule has 3 N–H and O–H groups in total. The first-order chi connectivity index (χ1) is 11.8. The Hall–Kier alpha value is -2.44. The van der Waals surface area contributed by atoms with Crippen LogP contribution in [0, 0.1) is 24.2 Å². The van der Waals surface area contributed by atoms with Crippen molar-refractivity contribution in [1.82, 2.24) is 5.32 Å². The van der Waals surface area contributed by atoms with E-state index < -0.39 is 33.5 Å². The third kappa shape index (κ3) is 5.03. The minimum Gasteiger partial charge on any atom is -0.449 e. The first kappa shape index (κ1) is 21.6. The number of amides is 1. The first-order valence-electron chi connectivity index (χ1n) is 7.89. The van der Waals surface area contributed by atoms with Gasteiger partial charge in [0, 0.05) is 0 Å². The molecule has 0 aliphatic heterocycles. The molecule has 26 heavy (non-hydrogen) atoms. The van der Waals surface area contributed by atoms with Crippen LogP contribution >= 0.6 is 0 Å². The van der Waals surface area contributed by atoms with Crippen molar-refractivity contribution in [2.45, 2.75) is 51.2 Å². The molecule has 1 amide bonds. The minimum atomic E-state index is -3.99. The van der Waals surface area contributed by atoms with Gasteiger partial charge in [0.1, 0.15) is 5.54 Å². The van der Waals surface area contributed by atoms with Crippen LogP contribution in [0.3, 0.4) is 0 Å². The molecule has 0 aliphatic rings. The highest BCUT2D eigenvalue weighted by atomic mass is 32.2. The van der Waals surface area contributed by atoms with E-state index in [1.807, 2.05) is 6.07 Å². The number of nitrogens with zero attached hydrogens (tertiary/aromatic N) is 1. The number of rotatable bonds is 6. The lowest BCUT2D eigenvalue weighted by Crippen LogP contribution is -2.52. The van der Waals surface area contributed by atoms with E-state index >= 15 is 0 Å². The summed E-state index contributed by atoms with van der Waals surface area (Å²) in [6, 6.07) is 5.93. The van der Waals surface area contributed by atoms with Crippen LogP contribution in [-0.4, -0.2) is 31.9 Å². The van der Waals surface area contributed by atoms with Crippen LogP contribution in [0.15, 0.2) is 23.1 Å². The second-order valence-corrected chi connectivity index (χ2v) is 8.06. The van der Waals surface area contributed by atoms with Crippen molar-refractivity contribution in [2.75, 3.05) is 0 Å². The number of aryl methyl sites for hydroxylation is 1. The van der Waals surface area contributed by atoms with Gasteiger partial charge in [-0.3, -0.25) is 4.79 Å². The van der Waals surface area contributed by atoms with Gasteiger partial charge < -0.3 is 10.1 Å². The molecule has 142 valence electrons. The zero-order valence-electron chi connectivity index (χ0n) is 15.4. The van der Waals surface area contributed by atoms with Gasteiger partial charge in [-0.1, -0.05) is 19.9 Å². The van der Waals surface area contributed by atoms with E-state index in [2.05, 4.69) is 5.32 Å². The second-order valence-electron chi connectivity index (χ2n) is 6.53. The van der Waals surface area contributed by atoms with Gasteiger partial charge in [-0.15, -0.1) is 0 Å². The molecule has 2 unspecified atom stereocenters. The minimum absolute atomic E-state index is 0.0498. The van der Waals surface area contributed by atoms with Crippen LogP contribution in [0.5, 0.6) is 0 Å². The van der Waals surface area contributed by atoms with Gasteiger partial charge in [0.25, 0.3) is 5.91 Å². The van der Waals surface area contributed by atoms with Crippen molar-refractivity contribution in [2.24, 2.45) is 11.1 Å². The van der Waals surface area contributed by atoms with E-state index in [1.54, 1.807) is 27.7 Å². The van der Waals surface area contributed by atoms with Crippen molar-refractivity contribution in [1.29, 1.82) is 5.26 Å². The molecule has 0 aliphatic carbocycles. The summed E-state index contributed by atoms with van der Waals surface area (Å²) in [5, 5.41) is 16.9. The highest BCUT2D eigenvalue weighted by molar-refractivity contribution is 7.89. The molecule has 0 radical (unpaired) electrons. The number of ether oxygens (including phenoxy) is 1.